The molecule has 3 atom stereocenters. The molecule has 1 fully saturated rings. The third kappa shape index (κ3) is 5.00. The fraction of sp³-hybridized carbons (Fsp3) is 0.682. The van der Waals surface area contributed by atoms with Crippen molar-refractivity contribution < 1.29 is 9.59 Å². The molecule has 29 heavy (non-hydrogen) atoms. The smallest absolute Gasteiger partial charge is 0.318 e. The summed E-state index contributed by atoms with van der Waals surface area (Å²) < 4.78 is 1.86. The van der Waals surface area contributed by atoms with Gasteiger partial charge in [0.15, 0.2) is 0 Å². The van der Waals surface area contributed by atoms with Gasteiger partial charge in [-0.05, 0) is 30.7 Å². The number of aromatic nitrogens is 1. The Kier molecular flexibility index (Phi) is 6.98. The predicted molar refractivity (Wildman–Crippen MR) is 113 cm³/mol. The summed E-state index contributed by atoms with van der Waals surface area (Å²) in [5.41, 5.74) is 1.05. The van der Waals surface area contributed by atoms with Crippen molar-refractivity contribution in [2.24, 2.45) is 11.8 Å². The van der Waals surface area contributed by atoms with Crippen molar-refractivity contribution in [3.05, 3.63) is 34.2 Å². The van der Waals surface area contributed by atoms with Crippen LogP contribution in [0.4, 0.5) is 4.79 Å². The number of nitrogens with one attached hydrogen (secondary N) is 2. The lowest BCUT2D eigenvalue weighted by molar-refractivity contribution is -0.123. The standard InChI is InChI=1S/C22H34N4O3/c1-4-5-6-10-23-21(28)20(15(2)3)24-22(29)25-12-16-11-17(14-25)18-8-7-9-19(27)26(18)13-16/h7-9,15-17,20H,4-6,10-14H2,1-3H3,(H,23,28)(H,24,29)/t16-,17+,20-/m0/s1. The maximum absolute atomic E-state index is 13.0. The van der Waals surface area contributed by atoms with Crippen LogP contribution in [-0.4, -0.2) is 47.1 Å². The highest BCUT2D eigenvalue weighted by Gasteiger charge is 2.37. The number of urea groups is 1. The van der Waals surface area contributed by atoms with Gasteiger partial charge in [0.2, 0.25) is 5.91 Å². The first kappa shape index (κ1) is 21.4. The van der Waals surface area contributed by atoms with Crippen molar-refractivity contribution in [1.82, 2.24) is 20.1 Å². The number of nitrogens with zero attached hydrogens (tertiary/aromatic N) is 2. The fourth-order valence-corrected chi connectivity index (χ4v) is 4.52. The van der Waals surface area contributed by atoms with Crippen LogP contribution >= 0.6 is 0 Å². The summed E-state index contributed by atoms with van der Waals surface area (Å²) in [6.07, 6.45) is 4.14. The minimum atomic E-state index is -0.541. The molecule has 2 N–H and O–H groups in total. The molecule has 2 aliphatic heterocycles. The number of hydrogen-bond donors (Lipinski definition) is 2. The van der Waals surface area contributed by atoms with E-state index in [1.807, 2.05) is 29.4 Å². The molecular formula is C22H34N4O3. The van der Waals surface area contributed by atoms with Crippen LogP contribution in [0, 0.1) is 11.8 Å². The number of pyridine rings is 1. The second-order valence-corrected chi connectivity index (χ2v) is 8.77. The molecule has 0 saturated carbocycles. The highest BCUT2D eigenvalue weighted by Crippen LogP contribution is 2.34. The molecule has 7 heteroatoms. The van der Waals surface area contributed by atoms with Gasteiger partial charge in [0, 0.05) is 43.9 Å². The maximum atomic E-state index is 13.0. The number of rotatable bonds is 7. The average molecular weight is 403 g/mol. The number of hydrogen-bond acceptors (Lipinski definition) is 3. The topological polar surface area (TPSA) is 83.4 Å². The summed E-state index contributed by atoms with van der Waals surface area (Å²) in [6.45, 7) is 8.52. The van der Waals surface area contributed by atoms with Gasteiger partial charge in [-0.3, -0.25) is 9.59 Å². The molecule has 3 heterocycles. The zero-order valence-electron chi connectivity index (χ0n) is 17.8. The molecule has 0 unspecified atom stereocenters. The molecule has 1 aromatic heterocycles. The molecule has 2 bridgehead atoms. The molecule has 3 amide bonds. The van der Waals surface area contributed by atoms with Crippen LogP contribution in [-0.2, 0) is 11.3 Å². The Morgan fingerprint density at radius 3 is 2.69 bits per heavy atom. The Morgan fingerprint density at radius 1 is 1.17 bits per heavy atom. The Balaban J connectivity index is 1.63. The summed E-state index contributed by atoms with van der Waals surface area (Å²) >= 11 is 0. The lowest BCUT2D eigenvalue weighted by Gasteiger charge is -2.43. The van der Waals surface area contributed by atoms with Gasteiger partial charge in [0.1, 0.15) is 6.04 Å². The van der Waals surface area contributed by atoms with Crippen molar-refractivity contribution in [2.45, 2.75) is 65.0 Å². The quantitative estimate of drug-likeness (QED) is 0.687. The average Bonchev–Trinajstić information content (AvgIpc) is 2.69. The lowest BCUT2D eigenvalue weighted by Crippen LogP contribution is -2.57. The second kappa shape index (κ2) is 9.46. The Bertz CT molecular complexity index is 789. The molecule has 0 aliphatic carbocycles. The molecule has 0 aromatic carbocycles. The highest BCUT2D eigenvalue weighted by molar-refractivity contribution is 5.87. The molecule has 3 rings (SSSR count). The zero-order valence-corrected chi connectivity index (χ0v) is 17.8. The summed E-state index contributed by atoms with van der Waals surface area (Å²) in [5, 5.41) is 5.91. The van der Waals surface area contributed by atoms with Crippen molar-refractivity contribution in [3.63, 3.8) is 0 Å². The van der Waals surface area contributed by atoms with Gasteiger partial charge in [-0.2, -0.15) is 0 Å². The van der Waals surface area contributed by atoms with Gasteiger partial charge in [-0.25, -0.2) is 4.79 Å². The fourth-order valence-electron chi connectivity index (χ4n) is 4.52. The van der Waals surface area contributed by atoms with Crippen LogP contribution in [0.2, 0.25) is 0 Å². The molecule has 2 aliphatic rings. The van der Waals surface area contributed by atoms with Crippen molar-refractivity contribution >= 4 is 11.9 Å². The van der Waals surface area contributed by atoms with Crippen LogP contribution in [0.15, 0.2) is 23.0 Å². The van der Waals surface area contributed by atoms with E-state index in [1.165, 1.54) is 0 Å². The zero-order chi connectivity index (χ0) is 21.0. The van der Waals surface area contributed by atoms with Gasteiger partial charge in [0.05, 0.1) is 0 Å². The Labute approximate surface area is 172 Å². The predicted octanol–water partition coefficient (Wildman–Crippen LogP) is 2.31. The maximum Gasteiger partial charge on any atom is 0.318 e. The first-order valence-electron chi connectivity index (χ1n) is 10.9. The van der Waals surface area contributed by atoms with E-state index >= 15 is 0 Å². The number of amides is 3. The monoisotopic (exact) mass is 402 g/mol. The number of carbonyl (C=O) groups is 2. The normalized spacial score (nSPS) is 21.4. The van der Waals surface area contributed by atoms with Crippen LogP contribution in [0.25, 0.3) is 0 Å². The number of piperidine rings is 1. The number of likely N-dealkylation sites (tertiary alicyclic amines) is 1. The lowest BCUT2D eigenvalue weighted by atomic mass is 9.83. The van der Waals surface area contributed by atoms with Crippen LogP contribution < -0.4 is 16.2 Å². The van der Waals surface area contributed by atoms with Gasteiger partial charge in [-0.1, -0.05) is 39.7 Å². The second-order valence-electron chi connectivity index (χ2n) is 8.77. The van der Waals surface area contributed by atoms with E-state index < -0.39 is 6.04 Å². The van der Waals surface area contributed by atoms with E-state index in [2.05, 4.69) is 17.6 Å². The first-order valence-corrected chi connectivity index (χ1v) is 10.9. The summed E-state index contributed by atoms with van der Waals surface area (Å²) in [4.78, 5) is 39.5. The van der Waals surface area contributed by atoms with E-state index in [0.29, 0.717) is 26.2 Å². The highest BCUT2D eigenvalue weighted by atomic mass is 16.2. The van der Waals surface area contributed by atoms with Crippen molar-refractivity contribution in [3.8, 4) is 0 Å². The Hall–Kier alpha value is -2.31. The molecule has 0 radical (unpaired) electrons. The number of carbonyl (C=O) groups excluding carboxylic acids is 2. The van der Waals surface area contributed by atoms with E-state index in [9.17, 15) is 14.4 Å². The molecule has 0 spiro atoms. The van der Waals surface area contributed by atoms with E-state index in [4.69, 9.17) is 0 Å². The minimum Gasteiger partial charge on any atom is -0.354 e. The molecule has 7 nitrogen and oxygen atoms in total. The van der Waals surface area contributed by atoms with Crippen LogP contribution in [0.1, 0.15) is 58.1 Å². The van der Waals surface area contributed by atoms with Crippen LogP contribution in [0.3, 0.4) is 0 Å². The third-order valence-corrected chi connectivity index (χ3v) is 6.07. The SMILES string of the molecule is CCCCCNC(=O)[C@@H](NC(=O)N1C[C@@H]2C[C@H](C1)c1cccc(=O)n1C2)C(C)C. The van der Waals surface area contributed by atoms with E-state index in [0.717, 1.165) is 31.4 Å². The minimum absolute atomic E-state index is 0.00807. The Morgan fingerprint density at radius 2 is 1.97 bits per heavy atom. The van der Waals surface area contributed by atoms with Gasteiger partial charge >= 0.3 is 6.03 Å². The molecule has 160 valence electrons. The first-order chi connectivity index (χ1) is 13.9. The van der Waals surface area contributed by atoms with Crippen molar-refractivity contribution in [2.75, 3.05) is 19.6 Å². The van der Waals surface area contributed by atoms with Gasteiger partial charge in [-0.15, -0.1) is 0 Å². The third-order valence-electron chi connectivity index (χ3n) is 6.07. The summed E-state index contributed by atoms with van der Waals surface area (Å²) in [6, 6.07) is 4.66. The largest absolute Gasteiger partial charge is 0.354 e. The number of fused-ring (bicyclic) bond motifs is 4. The van der Waals surface area contributed by atoms with Gasteiger partial charge in [0.25, 0.3) is 5.56 Å². The van der Waals surface area contributed by atoms with E-state index in [-0.39, 0.29) is 35.3 Å². The van der Waals surface area contributed by atoms with Crippen LogP contribution in [0.5, 0.6) is 0 Å². The molecule has 1 saturated heterocycles. The summed E-state index contributed by atoms with van der Waals surface area (Å²) in [7, 11) is 0. The molecular weight excluding hydrogens is 368 g/mol. The van der Waals surface area contributed by atoms with Crippen molar-refractivity contribution in [1.29, 1.82) is 0 Å². The van der Waals surface area contributed by atoms with Gasteiger partial charge < -0.3 is 20.1 Å². The molecule has 1 aromatic rings. The number of unbranched alkanes of at least 4 members (excludes halogenated alkanes) is 2. The van der Waals surface area contributed by atoms with E-state index in [1.54, 1.807) is 12.1 Å². The summed E-state index contributed by atoms with van der Waals surface area (Å²) in [5.74, 6) is 0.335.